The molecule has 1 aromatic heterocycles. The topological polar surface area (TPSA) is 89.2 Å². The first kappa shape index (κ1) is 20.3. The number of sulfonamides is 1. The zero-order valence-electron chi connectivity index (χ0n) is 16.2. The molecule has 1 aromatic carbocycles. The fourth-order valence-electron chi connectivity index (χ4n) is 3.11. The number of carbonyl (C=O) groups is 1. The molecular weight excluding hydrogens is 380 g/mol. The standard InChI is InChI=1S/C20H24N2O5S/c1-14-5-4-12-22(13-14)28(24,25)18-9-7-17(8-10-18)20(23)27-21-16(3)19-11-6-15(2)26-19/h6-11,14H,4-5,12-13H2,1-3H3/b21-16+. The minimum absolute atomic E-state index is 0.170. The summed E-state index contributed by atoms with van der Waals surface area (Å²) in [6.07, 6.45) is 1.89. The zero-order chi connectivity index (χ0) is 20.3. The van der Waals surface area contributed by atoms with Crippen LogP contribution in [0.4, 0.5) is 0 Å². The van der Waals surface area contributed by atoms with Crippen molar-refractivity contribution in [2.75, 3.05) is 13.1 Å². The minimum Gasteiger partial charge on any atom is -0.460 e. The third-order valence-electron chi connectivity index (χ3n) is 4.71. The Morgan fingerprint density at radius 1 is 1.21 bits per heavy atom. The predicted molar refractivity (Wildman–Crippen MR) is 105 cm³/mol. The molecule has 1 saturated heterocycles. The number of hydrogen-bond donors (Lipinski definition) is 0. The van der Waals surface area contributed by atoms with E-state index < -0.39 is 16.0 Å². The summed E-state index contributed by atoms with van der Waals surface area (Å²) in [7, 11) is -3.56. The first-order chi connectivity index (χ1) is 13.3. The Bertz CT molecular complexity index is 976. The van der Waals surface area contributed by atoms with Crippen LogP contribution in [0.1, 0.15) is 48.6 Å². The average molecular weight is 404 g/mol. The Labute approximate surface area is 165 Å². The Kier molecular flexibility index (Phi) is 6.00. The van der Waals surface area contributed by atoms with Crippen LogP contribution in [0.15, 0.2) is 50.9 Å². The van der Waals surface area contributed by atoms with Gasteiger partial charge in [0, 0.05) is 13.1 Å². The van der Waals surface area contributed by atoms with Crippen molar-refractivity contribution in [2.24, 2.45) is 11.1 Å². The number of carbonyl (C=O) groups excluding carboxylic acids is 1. The molecule has 0 bridgehead atoms. The summed E-state index contributed by atoms with van der Waals surface area (Å²) >= 11 is 0. The highest BCUT2D eigenvalue weighted by molar-refractivity contribution is 7.89. The lowest BCUT2D eigenvalue weighted by atomic mass is 10.0. The minimum atomic E-state index is -3.56. The lowest BCUT2D eigenvalue weighted by Crippen LogP contribution is -2.39. The molecule has 3 rings (SSSR count). The lowest BCUT2D eigenvalue weighted by Gasteiger charge is -2.30. The fraction of sp³-hybridized carbons (Fsp3) is 0.400. The maximum Gasteiger partial charge on any atom is 0.365 e. The van der Waals surface area contributed by atoms with Crippen LogP contribution in [-0.2, 0) is 14.9 Å². The van der Waals surface area contributed by atoms with Crippen molar-refractivity contribution >= 4 is 21.7 Å². The van der Waals surface area contributed by atoms with Crippen molar-refractivity contribution in [1.82, 2.24) is 4.31 Å². The number of hydrogen-bond acceptors (Lipinski definition) is 6. The summed E-state index contributed by atoms with van der Waals surface area (Å²) in [6.45, 7) is 6.57. The number of aryl methyl sites for hydroxylation is 1. The Morgan fingerprint density at radius 3 is 2.54 bits per heavy atom. The highest BCUT2D eigenvalue weighted by Gasteiger charge is 2.28. The smallest absolute Gasteiger partial charge is 0.365 e. The molecular formula is C20H24N2O5S. The van der Waals surface area contributed by atoms with E-state index in [4.69, 9.17) is 9.25 Å². The number of piperidine rings is 1. The van der Waals surface area contributed by atoms with Crippen molar-refractivity contribution in [3.05, 3.63) is 53.5 Å². The Morgan fingerprint density at radius 2 is 1.93 bits per heavy atom. The van der Waals surface area contributed by atoms with Gasteiger partial charge in [-0.05, 0) is 69.0 Å². The van der Waals surface area contributed by atoms with Gasteiger partial charge in [0.15, 0.2) is 5.76 Å². The van der Waals surface area contributed by atoms with E-state index in [0.29, 0.717) is 30.5 Å². The highest BCUT2D eigenvalue weighted by Crippen LogP contribution is 2.23. The number of nitrogens with zero attached hydrogens (tertiary/aromatic N) is 2. The maximum absolute atomic E-state index is 12.8. The van der Waals surface area contributed by atoms with Gasteiger partial charge < -0.3 is 9.25 Å². The average Bonchev–Trinajstić information content (AvgIpc) is 3.12. The highest BCUT2D eigenvalue weighted by atomic mass is 32.2. The first-order valence-electron chi connectivity index (χ1n) is 9.20. The van der Waals surface area contributed by atoms with E-state index in [-0.39, 0.29) is 10.5 Å². The molecule has 1 unspecified atom stereocenters. The maximum atomic E-state index is 12.8. The molecule has 1 atom stereocenters. The van der Waals surface area contributed by atoms with Gasteiger partial charge in [-0.25, -0.2) is 13.2 Å². The number of oxime groups is 1. The number of rotatable bonds is 5. The van der Waals surface area contributed by atoms with Crippen molar-refractivity contribution in [1.29, 1.82) is 0 Å². The molecule has 8 heteroatoms. The summed E-state index contributed by atoms with van der Waals surface area (Å²) in [5.41, 5.74) is 0.651. The van der Waals surface area contributed by atoms with Crippen molar-refractivity contribution < 1.29 is 22.5 Å². The molecule has 1 aliphatic heterocycles. The van der Waals surface area contributed by atoms with Crippen molar-refractivity contribution in [3.63, 3.8) is 0 Å². The van der Waals surface area contributed by atoms with Gasteiger partial charge in [-0.2, -0.15) is 4.31 Å². The van der Waals surface area contributed by atoms with Gasteiger partial charge in [0.05, 0.1) is 10.5 Å². The van der Waals surface area contributed by atoms with E-state index in [1.54, 1.807) is 19.1 Å². The van der Waals surface area contributed by atoms with Crippen LogP contribution in [0.25, 0.3) is 0 Å². The normalized spacial score (nSPS) is 18.8. The largest absolute Gasteiger partial charge is 0.460 e. The molecule has 1 aliphatic rings. The molecule has 0 N–H and O–H groups in total. The second kappa shape index (κ2) is 8.28. The Balaban J connectivity index is 1.69. The van der Waals surface area contributed by atoms with Crippen molar-refractivity contribution in [3.8, 4) is 0 Å². The molecule has 0 radical (unpaired) electrons. The van der Waals surface area contributed by atoms with Crippen LogP contribution in [0, 0.1) is 12.8 Å². The third-order valence-corrected chi connectivity index (χ3v) is 6.59. The number of benzene rings is 1. The summed E-state index contributed by atoms with van der Waals surface area (Å²) < 4.78 is 32.4. The third kappa shape index (κ3) is 4.51. The van der Waals surface area contributed by atoms with Gasteiger partial charge in [0.1, 0.15) is 11.5 Å². The molecule has 2 heterocycles. The predicted octanol–water partition coefficient (Wildman–Crippen LogP) is 3.59. The van der Waals surface area contributed by atoms with Gasteiger partial charge in [-0.1, -0.05) is 12.1 Å². The Hall–Kier alpha value is -2.45. The van der Waals surface area contributed by atoms with Crippen LogP contribution in [0.2, 0.25) is 0 Å². The summed E-state index contributed by atoms with van der Waals surface area (Å²) in [6, 6.07) is 9.26. The van der Waals surface area contributed by atoms with Gasteiger partial charge in [0.2, 0.25) is 10.0 Å². The van der Waals surface area contributed by atoms with Gasteiger partial charge >= 0.3 is 5.97 Å². The lowest BCUT2D eigenvalue weighted by molar-refractivity contribution is 0.0516. The van der Waals surface area contributed by atoms with E-state index in [9.17, 15) is 13.2 Å². The molecule has 1 fully saturated rings. The van der Waals surface area contributed by atoms with Crippen molar-refractivity contribution in [2.45, 2.75) is 38.5 Å². The molecule has 28 heavy (non-hydrogen) atoms. The van der Waals surface area contributed by atoms with Crippen LogP contribution in [-0.4, -0.2) is 37.5 Å². The van der Waals surface area contributed by atoms with Crippen LogP contribution < -0.4 is 0 Å². The van der Waals surface area contributed by atoms with E-state index >= 15 is 0 Å². The summed E-state index contributed by atoms with van der Waals surface area (Å²) in [4.78, 5) is 17.3. The quantitative estimate of drug-likeness (QED) is 0.432. The molecule has 0 saturated carbocycles. The first-order valence-corrected chi connectivity index (χ1v) is 10.6. The monoisotopic (exact) mass is 404 g/mol. The van der Waals surface area contributed by atoms with Gasteiger partial charge in [-0.15, -0.1) is 0 Å². The second-order valence-electron chi connectivity index (χ2n) is 7.10. The zero-order valence-corrected chi connectivity index (χ0v) is 17.0. The molecule has 150 valence electrons. The molecule has 0 spiro atoms. The SMILES string of the molecule is C/C(=N\OC(=O)c1ccc(S(=O)(=O)N2CCCC(C)C2)cc1)c1ccc(C)o1. The van der Waals surface area contributed by atoms with Crippen LogP contribution >= 0.6 is 0 Å². The second-order valence-corrected chi connectivity index (χ2v) is 9.04. The fourth-order valence-corrected chi connectivity index (χ4v) is 4.71. The summed E-state index contributed by atoms with van der Waals surface area (Å²) in [5.74, 6) is 0.924. The van der Waals surface area contributed by atoms with E-state index in [1.165, 1.54) is 28.6 Å². The van der Waals surface area contributed by atoms with Gasteiger partial charge in [-0.3, -0.25) is 0 Å². The van der Waals surface area contributed by atoms with Crippen LogP contribution in [0.5, 0.6) is 0 Å². The van der Waals surface area contributed by atoms with Gasteiger partial charge in [0.25, 0.3) is 0 Å². The molecule has 0 amide bonds. The van der Waals surface area contributed by atoms with E-state index in [0.717, 1.165) is 18.6 Å². The summed E-state index contributed by atoms with van der Waals surface area (Å²) in [5, 5.41) is 3.78. The van der Waals surface area contributed by atoms with Crippen LogP contribution in [0.3, 0.4) is 0 Å². The molecule has 7 nitrogen and oxygen atoms in total. The van der Waals surface area contributed by atoms with E-state index in [1.807, 2.05) is 13.8 Å². The molecule has 2 aromatic rings. The number of furan rings is 1. The van der Waals surface area contributed by atoms with E-state index in [2.05, 4.69) is 5.16 Å². The molecule has 0 aliphatic carbocycles.